The minimum atomic E-state index is -3.73. The van der Waals surface area contributed by atoms with Gasteiger partial charge in [0, 0.05) is 19.2 Å². The molecule has 1 aliphatic rings. The Morgan fingerprint density at radius 1 is 1.61 bits per heavy atom. The summed E-state index contributed by atoms with van der Waals surface area (Å²) in [5.74, 6) is 0.761. The standard InChI is InChI=1S/C11H19N3O3S/c1-2-4-10-13-11(18(12,15)16)8-14(10)7-9-5-3-6-17-9/h8-9H,2-7H2,1H3,(H2,12,15,16). The van der Waals surface area contributed by atoms with E-state index >= 15 is 0 Å². The first-order chi connectivity index (χ1) is 8.50. The summed E-state index contributed by atoms with van der Waals surface area (Å²) in [6.45, 7) is 3.46. The predicted molar refractivity (Wildman–Crippen MR) is 66.6 cm³/mol. The number of nitrogens with zero attached hydrogens (tertiary/aromatic N) is 2. The highest BCUT2D eigenvalue weighted by Crippen LogP contribution is 2.17. The molecule has 1 aromatic heterocycles. The van der Waals surface area contributed by atoms with Crippen molar-refractivity contribution in [1.29, 1.82) is 0 Å². The summed E-state index contributed by atoms with van der Waals surface area (Å²) < 4.78 is 30.0. The molecule has 2 N–H and O–H groups in total. The van der Waals surface area contributed by atoms with Crippen LogP contribution in [0.4, 0.5) is 0 Å². The van der Waals surface area contributed by atoms with Crippen LogP contribution in [0.15, 0.2) is 11.2 Å². The molecule has 0 amide bonds. The van der Waals surface area contributed by atoms with Crippen molar-refractivity contribution in [2.24, 2.45) is 5.14 Å². The van der Waals surface area contributed by atoms with Gasteiger partial charge in [0.1, 0.15) is 5.82 Å². The maximum atomic E-state index is 11.3. The molecule has 1 aliphatic heterocycles. The van der Waals surface area contributed by atoms with Crippen LogP contribution in [0, 0.1) is 0 Å². The fourth-order valence-corrected chi connectivity index (χ4v) is 2.66. The van der Waals surface area contributed by atoms with Crippen LogP contribution in [-0.4, -0.2) is 30.7 Å². The van der Waals surface area contributed by atoms with Crippen molar-refractivity contribution in [3.63, 3.8) is 0 Å². The molecule has 0 bridgehead atoms. The zero-order valence-corrected chi connectivity index (χ0v) is 11.3. The van der Waals surface area contributed by atoms with Crippen LogP contribution < -0.4 is 5.14 Å². The number of hydrogen-bond donors (Lipinski definition) is 1. The lowest BCUT2D eigenvalue weighted by Crippen LogP contribution is -2.16. The monoisotopic (exact) mass is 273 g/mol. The number of sulfonamides is 1. The summed E-state index contributed by atoms with van der Waals surface area (Å²) in [5.41, 5.74) is 0. The topological polar surface area (TPSA) is 87.2 Å². The molecule has 18 heavy (non-hydrogen) atoms. The molecule has 6 nitrogen and oxygen atoms in total. The predicted octanol–water partition coefficient (Wildman–Crippen LogP) is 0.662. The van der Waals surface area contributed by atoms with Crippen molar-refractivity contribution in [1.82, 2.24) is 9.55 Å². The van der Waals surface area contributed by atoms with Crippen LogP contribution >= 0.6 is 0 Å². The fraction of sp³-hybridized carbons (Fsp3) is 0.727. The average Bonchev–Trinajstić information content (AvgIpc) is 2.89. The molecule has 2 rings (SSSR count). The Balaban J connectivity index is 2.23. The third-order valence-electron chi connectivity index (χ3n) is 3.03. The summed E-state index contributed by atoms with van der Waals surface area (Å²) in [4.78, 5) is 4.11. The molecular formula is C11H19N3O3S. The highest BCUT2D eigenvalue weighted by molar-refractivity contribution is 7.89. The highest BCUT2D eigenvalue weighted by Gasteiger charge is 2.20. The smallest absolute Gasteiger partial charge is 0.257 e. The molecule has 0 saturated carbocycles. The van der Waals surface area contributed by atoms with Gasteiger partial charge in [-0.1, -0.05) is 6.92 Å². The molecule has 102 valence electrons. The highest BCUT2D eigenvalue weighted by atomic mass is 32.2. The fourth-order valence-electron chi connectivity index (χ4n) is 2.15. The van der Waals surface area contributed by atoms with Crippen LogP contribution in [-0.2, 0) is 27.7 Å². The first kappa shape index (κ1) is 13.5. The van der Waals surface area contributed by atoms with Crippen LogP contribution in [0.25, 0.3) is 0 Å². The zero-order valence-electron chi connectivity index (χ0n) is 10.5. The van der Waals surface area contributed by atoms with Gasteiger partial charge in [-0.05, 0) is 19.3 Å². The van der Waals surface area contributed by atoms with Crippen molar-refractivity contribution in [3.8, 4) is 0 Å². The number of rotatable bonds is 5. The van der Waals surface area contributed by atoms with E-state index in [1.807, 2.05) is 11.5 Å². The van der Waals surface area contributed by atoms with E-state index in [-0.39, 0.29) is 11.1 Å². The van der Waals surface area contributed by atoms with Gasteiger partial charge in [-0.3, -0.25) is 0 Å². The SMILES string of the molecule is CCCc1nc(S(N)(=O)=O)cn1CC1CCCO1. The number of aromatic nitrogens is 2. The van der Waals surface area contributed by atoms with E-state index in [2.05, 4.69) is 4.98 Å². The molecule has 0 radical (unpaired) electrons. The van der Waals surface area contributed by atoms with E-state index in [0.29, 0.717) is 6.54 Å². The molecule has 0 aromatic carbocycles. The number of nitrogens with two attached hydrogens (primary N) is 1. The molecule has 2 heterocycles. The molecule has 1 saturated heterocycles. The molecule has 1 atom stereocenters. The first-order valence-electron chi connectivity index (χ1n) is 6.21. The molecular weight excluding hydrogens is 254 g/mol. The normalized spacial score (nSPS) is 20.4. The second-order valence-corrected chi connectivity index (χ2v) is 6.09. The summed E-state index contributed by atoms with van der Waals surface area (Å²) in [6, 6.07) is 0. The third kappa shape index (κ3) is 3.09. The minimum Gasteiger partial charge on any atom is -0.376 e. The van der Waals surface area contributed by atoms with Gasteiger partial charge < -0.3 is 9.30 Å². The third-order valence-corrected chi connectivity index (χ3v) is 3.81. The number of imidazole rings is 1. The maximum absolute atomic E-state index is 11.3. The van der Waals surface area contributed by atoms with E-state index < -0.39 is 10.0 Å². The van der Waals surface area contributed by atoms with Crippen molar-refractivity contribution in [2.45, 2.75) is 50.3 Å². The van der Waals surface area contributed by atoms with E-state index in [1.54, 1.807) is 0 Å². The summed E-state index contributed by atoms with van der Waals surface area (Å²) >= 11 is 0. The van der Waals surface area contributed by atoms with E-state index in [4.69, 9.17) is 9.88 Å². The maximum Gasteiger partial charge on any atom is 0.257 e. The Morgan fingerprint density at radius 2 is 2.39 bits per heavy atom. The minimum absolute atomic E-state index is 0.0519. The first-order valence-corrected chi connectivity index (χ1v) is 7.75. The number of hydrogen-bond acceptors (Lipinski definition) is 4. The van der Waals surface area contributed by atoms with Crippen LogP contribution in [0.1, 0.15) is 32.0 Å². The van der Waals surface area contributed by atoms with Crippen molar-refractivity contribution < 1.29 is 13.2 Å². The van der Waals surface area contributed by atoms with Gasteiger partial charge in [0.25, 0.3) is 10.0 Å². The van der Waals surface area contributed by atoms with Crippen molar-refractivity contribution in [3.05, 3.63) is 12.0 Å². The van der Waals surface area contributed by atoms with Crippen molar-refractivity contribution in [2.75, 3.05) is 6.61 Å². The van der Waals surface area contributed by atoms with E-state index in [0.717, 1.165) is 38.1 Å². The lowest BCUT2D eigenvalue weighted by atomic mass is 10.2. The molecule has 7 heteroatoms. The Hall–Kier alpha value is -0.920. The molecule has 0 spiro atoms. The second-order valence-electron chi connectivity index (χ2n) is 4.58. The van der Waals surface area contributed by atoms with Gasteiger partial charge in [-0.15, -0.1) is 0 Å². The Morgan fingerprint density at radius 3 is 2.94 bits per heavy atom. The lowest BCUT2D eigenvalue weighted by Gasteiger charge is -2.12. The average molecular weight is 273 g/mol. The van der Waals surface area contributed by atoms with Crippen molar-refractivity contribution >= 4 is 10.0 Å². The van der Waals surface area contributed by atoms with Crippen LogP contribution in [0.5, 0.6) is 0 Å². The quantitative estimate of drug-likeness (QED) is 0.853. The molecule has 1 fully saturated rings. The second kappa shape index (κ2) is 5.38. The molecule has 1 aromatic rings. The van der Waals surface area contributed by atoms with Gasteiger partial charge in [0.2, 0.25) is 0 Å². The Kier molecular flexibility index (Phi) is 4.04. The number of aryl methyl sites for hydroxylation is 1. The van der Waals surface area contributed by atoms with E-state index in [9.17, 15) is 8.42 Å². The van der Waals surface area contributed by atoms with Crippen LogP contribution in [0.3, 0.4) is 0 Å². The van der Waals surface area contributed by atoms with Gasteiger partial charge in [0.05, 0.1) is 12.6 Å². The lowest BCUT2D eigenvalue weighted by molar-refractivity contribution is 0.0962. The summed E-state index contributed by atoms with van der Waals surface area (Å²) in [6.07, 6.45) is 5.39. The van der Waals surface area contributed by atoms with Crippen LogP contribution in [0.2, 0.25) is 0 Å². The Labute approximate surface area is 107 Å². The van der Waals surface area contributed by atoms with E-state index in [1.165, 1.54) is 6.20 Å². The van der Waals surface area contributed by atoms with Gasteiger partial charge in [-0.25, -0.2) is 18.5 Å². The van der Waals surface area contributed by atoms with Gasteiger partial charge in [0.15, 0.2) is 5.03 Å². The zero-order chi connectivity index (χ0) is 13.2. The molecule has 1 unspecified atom stereocenters. The largest absolute Gasteiger partial charge is 0.376 e. The summed E-state index contributed by atoms with van der Waals surface area (Å²) in [5, 5.41) is 5.06. The summed E-state index contributed by atoms with van der Waals surface area (Å²) in [7, 11) is -3.73. The Bertz CT molecular complexity index is 504. The van der Waals surface area contributed by atoms with Gasteiger partial charge in [-0.2, -0.15) is 0 Å². The van der Waals surface area contributed by atoms with Gasteiger partial charge >= 0.3 is 0 Å². The number of ether oxygens (including phenoxy) is 1. The number of primary sulfonamides is 1. The molecule has 0 aliphatic carbocycles.